The van der Waals surface area contributed by atoms with Gasteiger partial charge in [-0.1, -0.05) is 68.4 Å². The number of ether oxygens (including phenoxy) is 1. The van der Waals surface area contributed by atoms with Gasteiger partial charge in [-0.2, -0.15) is 0 Å². The number of nitrogens with one attached hydrogen (secondary N) is 1. The van der Waals surface area contributed by atoms with Gasteiger partial charge in [-0.25, -0.2) is 0 Å². The summed E-state index contributed by atoms with van der Waals surface area (Å²) in [5.41, 5.74) is 5.46. The smallest absolute Gasteiger partial charge is 0.308 e. The minimum atomic E-state index is -0.735. The van der Waals surface area contributed by atoms with Gasteiger partial charge in [0, 0.05) is 30.2 Å². The van der Waals surface area contributed by atoms with Crippen LogP contribution in [-0.4, -0.2) is 21.4 Å². The molecule has 0 spiro atoms. The monoisotopic (exact) mass is 551 g/mol. The summed E-state index contributed by atoms with van der Waals surface area (Å²) in [5, 5.41) is 3.06. The van der Waals surface area contributed by atoms with Gasteiger partial charge in [0.05, 0.1) is 12.5 Å². The van der Waals surface area contributed by atoms with Crippen LogP contribution >= 0.6 is 0 Å². The SMILES string of the molecule is Cc1cccc(C)c1-c1cncc([C@H](CC(=O)OCc2ccccc2)NC(=O)C(CC(C)C)n2ccccc2=O)c1. The summed E-state index contributed by atoms with van der Waals surface area (Å²) in [7, 11) is 0. The summed E-state index contributed by atoms with van der Waals surface area (Å²) in [4.78, 5) is 44.0. The van der Waals surface area contributed by atoms with E-state index < -0.39 is 18.1 Å². The molecule has 2 aromatic heterocycles. The van der Waals surface area contributed by atoms with Gasteiger partial charge < -0.3 is 14.6 Å². The number of pyridine rings is 2. The van der Waals surface area contributed by atoms with Crippen molar-refractivity contribution in [3.05, 3.63) is 124 Å². The molecule has 0 saturated heterocycles. The molecule has 0 aliphatic rings. The molecule has 1 N–H and O–H groups in total. The Morgan fingerprint density at radius 1 is 0.927 bits per heavy atom. The zero-order valence-corrected chi connectivity index (χ0v) is 24.0. The highest BCUT2D eigenvalue weighted by Gasteiger charge is 2.27. The molecule has 2 heterocycles. The number of carbonyl (C=O) groups excluding carboxylic acids is 2. The number of aryl methyl sites for hydroxylation is 2. The van der Waals surface area contributed by atoms with Crippen LogP contribution in [0.2, 0.25) is 0 Å². The minimum Gasteiger partial charge on any atom is -0.461 e. The number of esters is 1. The lowest BCUT2D eigenvalue weighted by molar-refractivity contribution is -0.145. The Balaban J connectivity index is 1.66. The maximum absolute atomic E-state index is 13.8. The lowest BCUT2D eigenvalue weighted by atomic mass is 9.94. The summed E-state index contributed by atoms with van der Waals surface area (Å²) < 4.78 is 7.03. The Morgan fingerprint density at radius 2 is 1.63 bits per heavy atom. The zero-order valence-electron chi connectivity index (χ0n) is 24.0. The standard InChI is InChI=1S/C34H37N3O4/c1-23(2)17-30(37-16-9-8-15-31(37)38)34(40)36-29(19-32(39)41-22-26-13-6-5-7-14-26)27-18-28(21-35-20-27)33-24(3)11-10-12-25(33)4/h5-16,18,20-21,23,29-30H,17,19,22H2,1-4H3,(H,36,40)/t29-,30?/m0/s1. The highest BCUT2D eigenvalue weighted by molar-refractivity contribution is 5.82. The van der Waals surface area contributed by atoms with Crippen molar-refractivity contribution < 1.29 is 14.3 Å². The van der Waals surface area contributed by atoms with Crippen molar-refractivity contribution in [2.24, 2.45) is 5.92 Å². The summed E-state index contributed by atoms with van der Waals surface area (Å²) in [6, 6.07) is 20.9. The summed E-state index contributed by atoms with van der Waals surface area (Å²) in [6.45, 7) is 8.23. The van der Waals surface area contributed by atoms with Gasteiger partial charge in [0.15, 0.2) is 0 Å². The second-order valence-electron chi connectivity index (χ2n) is 10.8. The molecular weight excluding hydrogens is 514 g/mol. The Bertz CT molecular complexity index is 1520. The molecule has 212 valence electrons. The average Bonchev–Trinajstić information content (AvgIpc) is 2.95. The molecule has 2 atom stereocenters. The van der Waals surface area contributed by atoms with E-state index >= 15 is 0 Å². The third kappa shape index (κ3) is 7.78. The fourth-order valence-corrected chi connectivity index (χ4v) is 5.03. The number of nitrogens with zero attached hydrogens (tertiary/aromatic N) is 2. The Morgan fingerprint density at radius 3 is 2.32 bits per heavy atom. The van der Waals surface area contributed by atoms with Gasteiger partial charge in [-0.05, 0) is 66.1 Å². The molecule has 41 heavy (non-hydrogen) atoms. The fraction of sp³-hybridized carbons (Fsp3) is 0.294. The molecule has 0 radical (unpaired) electrons. The van der Waals surface area contributed by atoms with E-state index in [2.05, 4.69) is 10.3 Å². The van der Waals surface area contributed by atoms with E-state index in [0.29, 0.717) is 12.0 Å². The van der Waals surface area contributed by atoms with Crippen molar-refractivity contribution in [3.63, 3.8) is 0 Å². The molecular formula is C34H37N3O4. The van der Waals surface area contributed by atoms with Crippen LogP contribution in [0.15, 0.2) is 96.2 Å². The number of amides is 1. The van der Waals surface area contributed by atoms with Crippen LogP contribution in [0.1, 0.15) is 61.0 Å². The first kappa shape index (κ1) is 29.5. The number of hydrogen-bond donors (Lipinski definition) is 1. The molecule has 1 unspecified atom stereocenters. The average molecular weight is 552 g/mol. The second-order valence-corrected chi connectivity index (χ2v) is 10.8. The molecule has 4 aromatic rings. The largest absolute Gasteiger partial charge is 0.461 e. The maximum atomic E-state index is 13.8. The van der Waals surface area contributed by atoms with E-state index in [1.807, 2.05) is 82.3 Å². The molecule has 2 aromatic carbocycles. The predicted octanol–water partition coefficient (Wildman–Crippen LogP) is 6.11. The second kappa shape index (κ2) is 13.7. The Hall–Kier alpha value is -4.52. The fourth-order valence-electron chi connectivity index (χ4n) is 5.03. The third-order valence-corrected chi connectivity index (χ3v) is 7.05. The normalized spacial score (nSPS) is 12.5. The van der Waals surface area contributed by atoms with Crippen LogP contribution in [0.4, 0.5) is 0 Å². The zero-order chi connectivity index (χ0) is 29.4. The lowest BCUT2D eigenvalue weighted by Crippen LogP contribution is -2.40. The molecule has 1 amide bonds. The number of carbonyl (C=O) groups is 2. The highest BCUT2D eigenvalue weighted by Crippen LogP contribution is 2.30. The molecule has 0 bridgehead atoms. The van der Waals surface area contributed by atoms with E-state index in [9.17, 15) is 14.4 Å². The first-order valence-electron chi connectivity index (χ1n) is 13.9. The number of hydrogen-bond acceptors (Lipinski definition) is 5. The van der Waals surface area contributed by atoms with Gasteiger partial charge in [0.1, 0.15) is 12.6 Å². The van der Waals surface area contributed by atoms with E-state index in [0.717, 1.165) is 27.8 Å². The van der Waals surface area contributed by atoms with Gasteiger partial charge in [0.2, 0.25) is 5.91 Å². The van der Waals surface area contributed by atoms with Crippen molar-refractivity contribution >= 4 is 11.9 Å². The quantitative estimate of drug-likeness (QED) is 0.227. The van der Waals surface area contributed by atoms with Crippen LogP contribution in [0.3, 0.4) is 0 Å². The van der Waals surface area contributed by atoms with Crippen molar-refractivity contribution in [2.45, 2.75) is 59.2 Å². The van der Waals surface area contributed by atoms with Crippen LogP contribution < -0.4 is 10.9 Å². The highest BCUT2D eigenvalue weighted by atomic mass is 16.5. The summed E-state index contributed by atoms with van der Waals surface area (Å²) >= 11 is 0. The summed E-state index contributed by atoms with van der Waals surface area (Å²) in [6.07, 6.45) is 5.45. The van der Waals surface area contributed by atoms with Crippen LogP contribution in [0.25, 0.3) is 11.1 Å². The lowest BCUT2D eigenvalue weighted by Gasteiger charge is -2.25. The number of benzene rings is 2. The number of aromatic nitrogens is 2. The van der Waals surface area contributed by atoms with Gasteiger partial charge >= 0.3 is 5.97 Å². The topological polar surface area (TPSA) is 90.3 Å². The Kier molecular flexibility index (Phi) is 9.85. The van der Waals surface area contributed by atoms with Gasteiger partial charge in [-0.15, -0.1) is 0 Å². The van der Waals surface area contributed by atoms with Crippen LogP contribution in [0, 0.1) is 19.8 Å². The molecule has 0 aliphatic heterocycles. The molecule has 7 nitrogen and oxygen atoms in total. The van der Waals surface area contributed by atoms with E-state index in [1.54, 1.807) is 30.7 Å². The molecule has 4 rings (SSSR count). The van der Waals surface area contributed by atoms with Crippen molar-refractivity contribution in [3.8, 4) is 11.1 Å². The van der Waals surface area contributed by atoms with Crippen LogP contribution in [-0.2, 0) is 20.9 Å². The minimum absolute atomic E-state index is 0.0887. The van der Waals surface area contributed by atoms with Crippen molar-refractivity contribution in [1.29, 1.82) is 0 Å². The Labute approximate surface area is 241 Å². The molecule has 0 aliphatic carbocycles. The first-order chi connectivity index (χ1) is 19.7. The maximum Gasteiger partial charge on any atom is 0.308 e. The van der Waals surface area contributed by atoms with Crippen molar-refractivity contribution in [1.82, 2.24) is 14.9 Å². The first-order valence-corrected chi connectivity index (χ1v) is 13.9. The van der Waals surface area contributed by atoms with Crippen molar-refractivity contribution in [2.75, 3.05) is 0 Å². The van der Waals surface area contributed by atoms with E-state index in [4.69, 9.17) is 4.74 Å². The molecule has 0 saturated carbocycles. The molecule has 7 heteroatoms. The van der Waals surface area contributed by atoms with E-state index in [1.165, 1.54) is 10.6 Å². The summed E-state index contributed by atoms with van der Waals surface area (Å²) in [5.74, 6) is -0.638. The molecule has 0 fully saturated rings. The van der Waals surface area contributed by atoms with Gasteiger partial charge in [-0.3, -0.25) is 19.4 Å². The van der Waals surface area contributed by atoms with Crippen LogP contribution in [0.5, 0.6) is 0 Å². The van der Waals surface area contributed by atoms with Gasteiger partial charge in [0.25, 0.3) is 5.56 Å². The number of rotatable bonds is 11. The predicted molar refractivity (Wildman–Crippen MR) is 160 cm³/mol. The third-order valence-electron chi connectivity index (χ3n) is 7.05. The van der Waals surface area contributed by atoms with E-state index in [-0.39, 0.29) is 30.4 Å².